The molecule has 114 valence electrons. The number of amides is 1. The maximum absolute atomic E-state index is 12.2. The number of aryl methyl sites for hydroxylation is 1. The molecule has 1 aromatic rings. The van der Waals surface area contributed by atoms with Crippen LogP contribution in [0.2, 0.25) is 0 Å². The Hall–Kier alpha value is -1.85. The minimum Gasteiger partial charge on any atom is -0.351 e. The van der Waals surface area contributed by atoms with Gasteiger partial charge >= 0.3 is 0 Å². The second-order valence-corrected chi connectivity index (χ2v) is 6.41. The van der Waals surface area contributed by atoms with Crippen molar-refractivity contribution in [3.63, 3.8) is 0 Å². The van der Waals surface area contributed by atoms with Crippen molar-refractivity contribution in [1.29, 1.82) is 0 Å². The van der Waals surface area contributed by atoms with Crippen LogP contribution in [0.5, 0.6) is 0 Å². The third-order valence-corrected chi connectivity index (χ3v) is 4.69. The van der Waals surface area contributed by atoms with Crippen LogP contribution in [0.1, 0.15) is 32.4 Å². The Morgan fingerprint density at radius 2 is 1.86 bits per heavy atom. The minimum absolute atomic E-state index is 0.0743. The zero-order valence-corrected chi connectivity index (χ0v) is 13.3. The first-order valence-electron chi connectivity index (χ1n) is 7.54. The summed E-state index contributed by atoms with van der Waals surface area (Å²) in [4.78, 5) is 25.0. The molecule has 1 fully saturated rings. The number of carbonyl (C=O) groups excluding carboxylic acids is 1. The summed E-state index contributed by atoms with van der Waals surface area (Å²) >= 11 is 0. The number of aromatic nitrogens is 2. The second-order valence-electron chi connectivity index (χ2n) is 6.41. The molecule has 1 aliphatic carbocycles. The van der Waals surface area contributed by atoms with E-state index in [0.29, 0.717) is 12.0 Å². The Labute approximate surface area is 125 Å². The topological polar surface area (TPSA) is 61.4 Å². The van der Waals surface area contributed by atoms with Gasteiger partial charge in [-0.3, -0.25) is 4.79 Å². The molecule has 1 aromatic heterocycles. The summed E-state index contributed by atoms with van der Waals surface area (Å²) in [6.07, 6.45) is 2.34. The lowest BCUT2D eigenvalue weighted by molar-refractivity contribution is -0.119. The molecular weight excluding hydrogens is 266 g/mol. The first-order valence-corrected chi connectivity index (χ1v) is 7.54. The molecule has 3 rings (SSSR count). The van der Waals surface area contributed by atoms with Crippen LogP contribution in [0.3, 0.4) is 0 Å². The molecule has 1 atom stereocenters. The summed E-state index contributed by atoms with van der Waals surface area (Å²) in [5.41, 5.74) is 1.65. The van der Waals surface area contributed by atoms with E-state index in [2.05, 4.69) is 22.2 Å². The van der Waals surface area contributed by atoms with Crippen LogP contribution in [-0.4, -0.2) is 42.1 Å². The number of hydrogen-bond acceptors (Lipinski definition) is 5. The van der Waals surface area contributed by atoms with Crippen molar-refractivity contribution in [2.24, 2.45) is 5.92 Å². The Bertz CT molecular complexity index is 582. The molecular formula is C15H23N5O. The van der Waals surface area contributed by atoms with Gasteiger partial charge in [0.2, 0.25) is 11.9 Å². The van der Waals surface area contributed by atoms with E-state index in [9.17, 15) is 4.79 Å². The maximum Gasteiger partial charge on any atom is 0.249 e. The third-order valence-electron chi connectivity index (χ3n) is 4.69. The first kappa shape index (κ1) is 14.1. The van der Waals surface area contributed by atoms with E-state index in [4.69, 9.17) is 0 Å². The molecule has 1 saturated carbocycles. The molecule has 0 saturated heterocycles. The van der Waals surface area contributed by atoms with Gasteiger partial charge < -0.3 is 15.1 Å². The smallest absolute Gasteiger partial charge is 0.249 e. The third kappa shape index (κ3) is 2.22. The molecule has 2 aliphatic rings. The van der Waals surface area contributed by atoms with Crippen LogP contribution in [0, 0.1) is 12.8 Å². The Balaban J connectivity index is 1.94. The van der Waals surface area contributed by atoms with Crippen LogP contribution in [0.25, 0.3) is 0 Å². The number of nitrogens with one attached hydrogen (secondary N) is 1. The van der Waals surface area contributed by atoms with Crippen molar-refractivity contribution in [3.05, 3.63) is 5.69 Å². The number of hydrogen-bond donors (Lipinski definition) is 1. The highest BCUT2D eigenvalue weighted by atomic mass is 16.2. The number of carbonyl (C=O) groups is 1. The predicted octanol–water partition coefficient (Wildman–Crippen LogP) is 1.80. The SMILES string of the molecule is Cc1nc(N[C@H]2C[C@@H](C)C2)nc2c1N(C)C(=O)[C@H](C)N2C. The molecule has 21 heavy (non-hydrogen) atoms. The zero-order chi connectivity index (χ0) is 15.3. The fourth-order valence-corrected chi connectivity index (χ4v) is 3.20. The standard InChI is InChI=1S/C15H23N5O/c1-8-6-11(7-8)17-15-16-9(2)12-13(18-15)19(4)10(3)14(21)20(12)5/h8,10-11H,6-7H2,1-5H3,(H,16,17,18)/t8-,10-,11+/m0/s1. The van der Waals surface area contributed by atoms with Gasteiger partial charge in [-0.15, -0.1) is 0 Å². The van der Waals surface area contributed by atoms with Crippen LogP contribution >= 0.6 is 0 Å². The van der Waals surface area contributed by atoms with Gasteiger partial charge in [-0.25, -0.2) is 4.98 Å². The van der Waals surface area contributed by atoms with Crippen molar-refractivity contribution in [1.82, 2.24) is 9.97 Å². The lowest BCUT2D eigenvalue weighted by atomic mass is 9.82. The fourth-order valence-electron chi connectivity index (χ4n) is 3.20. The maximum atomic E-state index is 12.2. The molecule has 0 bridgehead atoms. The molecule has 0 unspecified atom stereocenters. The van der Waals surface area contributed by atoms with E-state index in [0.717, 1.165) is 23.1 Å². The average molecular weight is 289 g/mol. The highest BCUT2D eigenvalue weighted by Gasteiger charge is 2.35. The van der Waals surface area contributed by atoms with Crippen molar-refractivity contribution >= 4 is 23.4 Å². The van der Waals surface area contributed by atoms with Gasteiger partial charge in [-0.2, -0.15) is 4.98 Å². The predicted molar refractivity (Wildman–Crippen MR) is 83.9 cm³/mol. The Kier molecular flexibility index (Phi) is 3.26. The van der Waals surface area contributed by atoms with E-state index in [1.807, 2.05) is 25.8 Å². The van der Waals surface area contributed by atoms with Crippen molar-refractivity contribution in [3.8, 4) is 0 Å². The summed E-state index contributed by atoms with van der Waals surface area (Å²) < 4.78 is 0. The van der Waals surface area contributed by atoms with Gasteiger partial charge in [-0.1, -0.05) is 6.92 Å². The summed E-state index contributed by atoms with van der Waals surface area (Å²) in [6.45, 7) is 6.09. The Morgan fingerprint density at radius 1 is 1.19 bits per heavy atom. The molecule has 1 aliphatic heterocycles. The van der Waals surface area contributed by atoms with Crippen molar-refractivity contribution < 1.29 is 4.79 Å². The second kappa shape index (κ2) is 4.86. The van der Waals surface area contributed by atoms with E-state index < -0.39 is 0 Å². The van der Waals surface area contributed by atoms with Crippen LogP contribution in [0.4, 0.5) is 17.5 Å². The van der Waals surface area contributed by atoms with Gasteiger partial charge in [0, 0.05) is 20.1 Å². The van der Waals surface area contributed by atoms with E-state index in [-0.39, 0.29) is 11.9 Å². The fraction of sp³-hybridized carbons (Fsp3) is 0.667. The molecule has 6 nitrogen and oxygen atoms in total. The number of anilines is 3. The molecule has 0 aromatic carbocycles. The molecule has 2 heterocycles. The monoisotopic (exact) mass is 289 g/mol. The zero-order valence-electron chi connectivity index (χ0n) is 13.3. The number of fused-ring (bicyclic) bond motifs is 1. The molecule has 1 amide bonds. The van der Waals surface area contributed by atoms with Crippen LogP contribution < -0.4 is 15.1 Å². The quantitative estimate of drug-likeness (QED) is 0.899. The van der Waals surface area contributed by atoms with E-state index >= 15 is 0 Å². The van der Waals surface area contributed by atoms with Gasteiger partial charge in [0.25, 0.3) is 0 Å². The number of rotatable bonds is 2. The van der Waals surface area contributed by atoms with E-state index in [1.165, 1.54) is 12.8 Å². The normalized spacial score (nSPS) is 28.2. The molecule has 0 spiro atoms. The highest BCUT2D eigenvalue weighted by Crippen LogP contribution is 2.36. The van der Waals surface area contributed by atoms with Gasteiger partial charge in [0.1, 0.15) is 11.7 Å². The molecule has 1 N–H and O–H groups in total. The van der Waals surface area contributed by atoms with E-state index in [1.54, 1.807) is 11.9 Å². The summed E-state index contributed by atoms with van der Waals surface area (Å²) in [5.74, 6) is 2.36. The molecule has 6 heteroatoms. The number of likely N-dealkylation sites (N-methyl/N-ethyl adjacent to an activating group) is 2. The Morgan fingerprint density at radius 3 is 2.48 bits per heavy atom. The van der Waals surface area contributed by atoms with Crippen LogP contribution in [0.15, 0.2) is 0 Å². The molecule has 0 radical (unpaired) electrons. The summed E-state index contributed by atoms with van der Waals surface area (Å²) in [6, 6.07) is 0.275. The van der Waals surface area contributed by atoms with Gasteiger partial charge in [0.05, 0.1) is 5.69 Å². The lowest BCUT2D eigenvalue weighted by Crippen LogP contribution is -2.50. The van der Waals surface area contributed by atoms with Crippen molar-refractivity contribution in [2.75, 3.05) is 29.2 Å². The first-order chi connectivity index (χ1) is 9.88. The highest BCUT2D eigenvalue weighted by molar-refractivity contribution is 6.04. The largest absolute Gasteiger partial charge is 0.351 e. The van der Waals surface area contributed by atoms with Crippen LogP contribution in [-0.2, 0) is 4.79 Å². The lowest BCUT2D eigenvalue weighted by Gasteiger charge is -2.38. The number of nitrogens with zero attached hydrogens (tertiary/aromatic N) is 4. The van der Waals surface area contributed by atoms with Gasteiger partial charge in [0.15, 0.2) is 5.82 Å². The average Bonchev–Trinajstić information content (AvgIpc) is 2.40. The van der Waals surface area contributed by atoms with Gasteiger partial charge in [-0.05, 0) is 32.6 Å². The minimum atomic E-state index is -0.201. The van der Waals surface area contributed by atoms with Crippen molar-refractivity contribution in [2.45, 2.75) is 45.7 Å². The summed E-state index contributed by atoms with van der Waals surface area (Å²) in [5, 5.41) is 3.41. The summed E-state index contributed by atoms with van der Waals surface area (Å²) in [7, 11) is 3.71.